The van der Waals surface area contributed by atoms with E-state index in [9.17, 15) is 19.5 Å². The number of ether oxygens (including phenoxy) is 2. The van der Waals surface area contributed by atoms with Crippen LogP contribution in [0.5, 0.6) is 0 Å². The minimum Gasteiger partial charge on any atom is -0.481 e. The van der Waals surface area contributed by atoms with Crippen molar-refractivity contribution in [2.24, 2.45) is 11.3 Å². The van der Waals surface area contributed by atoms with Gasteiger partial charge in [-0.15, -0.1) is 0 Å². The van der Waals surface area contributed by atoms with Crippen LogP contribution in [-0.4, -0.2) is 53.5 Å². The van der Waals surface area contributed by atoms with Gasteiger partial charge in [0, 0.05) is 17.4 Å². The maximum absolute atomic E-state index is 13.3. The maximum Gasteiger partial charge on any atom is 0.305 e. The molecule has 1 aliphatic rings. The van der Waals surface area contributed by atoms with Gasteiger partial charge in [-0.2, -0.15) is 0 Å². The fraction of sp³-hybridized carbons (Fsp3) is 0.853. The lowest BCUT2D eigenvalue weighted by molar-refractivity contribution is -0.304. The molecule has 42 heavy (non-hydrogen) atoms. The number of rotatable bonds is 22. The van der Waals surface area contributed by atoms with Crippen molar-refractivity contribution in [3.63, 3.8) is 0 Å². The molecule has 0 saturated carbocycles. The molecule has 1 fully saturated rings. The van der Waals surface area contributed by atoms with Crippen LogP contribution in [0.25, 0.3) is 0 Å². The number of amides is 2. The van der Waals surface area contributed by atoms with Gasteiger partial charge in [0.1, 0.15) is 6.10 Å². The van der Waals surface area contributed by atoms with Crippen LogP contribution in [-0.2, 0) is 23.9 Å². The van der Waals surface area contributed by atoms with Crippen LogP contribution in [0.3, 0.4) is 0 Å². The van der Waals surface area contributed by atoms with Crippen molar-refractivity contribution in [2.45, 2.75) is 169 Å². The molecule has 2 amide bonds. The van der Waals surface area contributed by atoms with Crippen molar-refractivity contribution in [1.29, 1.82) is 0 Å². The van der Waals surface area contributed by atoms with Gasteiger partial charge in [0.05, 0.1) is 19.1 Å². The second kappa shape index (κ2) is 20.1. The third-order valence-corrected chi connectivity index (χ3v) is 8.21. The van der Waals surface area contributed by atoms with Gasteiger partial charge in [-0.1, -0.05) is 98.1 Å². The van der Waals surface area contributed by atoms with E-state index in [2.05, 4.69) is 29.7 Å². The zero-order valence-electron chi connectivity index (χ0n) is 27.8. The third kappa shape index (κ3) is 15.5. The number of carbonyl (C=O) groups excluding carboxylic acids is 2. The second-order valence-electron chi connectivity index (χ2n) is 13.3. The van der Waals surface area contributed by atoms with Crippen molar-refractivity contribution in [1.82, 2.24) is 10.6 Å². The van der Waals surface area contributed by atoms with E-state index in [1.165, 1.54) is 51.4 Å². The molecule has 0 aromatic rings. The Bertz CT molecular complexity index is 825. The van der Waals surface area contributed by atoms with Gasteiger partial charge < -0.3 is 25.2 Å². The molecule has 8 nitrogen and oxygen atoms in total. The molecule has 0 aromatic carbocycles. The smallest absolute Gasteiger partial charge is 0.305 e. The van der Waals surface area contributed by atoms with E-state index < -0.39 is 35.4 Å². The third-order valence-electron chi connectivity index (χ3n) is 8.21. The Hall–Kier alpha value is -1.93. The van der Waals surface area contributed by atoms with Crippen LogP contribution < -0.4 is 10.6 Å². The summed E-state index contributed by atoms with van der Waals surface area (Å²) in [6.45, 7) is 13.7. The fourth-order valence-corrected chi connectivity index (χ4v) is 5.35. The van der Waals surface area contributed by atoms with E-state index in [1.807, 2.05) is 27.7 Å². The highest BCUT2D eigenvalue weighted by Crippen LogP contribution is 2.35. The van der Waals surface area contributed by atoms with E-state index in [-0.39, 0.29) is 24.2 Å². The van der Waals surface area contributed by atoms with Gasteiger partial charge in [0.15, 0.2) is 5.79 Å². The number of unbranched alkanes of at least 4 members (excludes halogenated alkanes) is 10. The highest BCUT2D eigenvalue weighted by molar-refractivity contribution is 5.83. The second-order valence-corrected chi connectivity index (χ2v) is 13.3. The lowest BCUT2D eigenvalue weighted by Gasteiger charge is -2.45. The van der Waals surface area contributed by atoms with Crippen molar-refractivity contribution < 1.29 is 29.0 Å². The van der Waals surface area contributed by atoms with Crippen LogP contribution in [0.4, 0.5) is 0 Å². The molecule has 1 heterocycles. The average Bonchev–Trinajstić information content (AvgIpc) is 2.92. The first-order chi connectivity index (χ1) is 19.8. The van der Waals surface area contributed by atoms with E-state index in [0.29, 0.717) is 13.0 Å². The highest BCUT2D eigenvalue weighted by atomic mass is 16.7. The molecule has 1 aliphatic heterocycles. The summed E-state index contributed by atoms with van der Waals surface area (Å²) >= 11 is 0. The van der Waals surface area contributed by atoms with Crippen molar-refractivity contribution in [3.05, 3.63) is 12.2 Å². The van der Waals surface area contributed by atoms with Gasteiger partial charge in [-0.05, 0) is 52.4 Å². The quantitative estimate of drug-likeness (QED) is 0.0895. The first kappa shape index (κ1) is 38.1. The molecule has 0 spiro atoms. The lowest BCUT2D eigenvalue weighted by atomic mass is 9.85. The summed E-state index contributed by atoms with van der Waals surface area (Å²) in [6.07, 6.45) is 19.5. The predicted octanol–water partition coefficient (Wildman–Crippen LogP) is 7.30. The molecule has 0 radical (unpaired) electrons. The summed E-state index contributed by atoms with van der Waals surface area (Å²) in [5, 5.41) is 15.5. The number of carbonyl (C=O) groups is 3. The summed E-state index contributed by atoms with van der Waals surface area (Å²) in [5.41, 5.74) is -0.587. The highest BCUT2D eigenvalue weighted by Gasteiger charge is 2.46. The van der Waals surface area contributed by atoms with Crippen LogP contribution in [0.1, 0.15) is 145 Å². The number of hydrogen-bond acceptors (Lipinski definition) is 5. The molecule has 244 valence electrons. The molecule has 0 bridgehead atoms. The predicted molar refractivity (Wildman–Crippen MR) is 169 cm³/mol. The van der Waals surface area contributed by atoms with Crippen LogP contribution in [0.2, 0.25) is 0 Å². The van der Waals surface area contributed by atoms with Gasteiger partial charge in [-0.3, -0.25) is 14.4 Å². The topological polar surface area (TPSA) is 114 Å². The largest absolute Gasteiger partial charge is 0.481 e. The first-order valence-corrected chi connectivity index (χ1v) is 16.6. The van der Waals surface area contributed by atoms with E-state index in [4.69, 9.17) is 9.47 Å². The van der Waals surface area contributed by atoms with Crippen molar-refractivity contribution in [3.8, 4) is 0 Å². The van der Waals surface area contributed by atoms with Crippen molar-refractivity contribution in [2.75, 3.05) is 6.61 Å². The molecular formula is C34H62N2O6. The molecule has 1 rings (SSSR count). The molecule has 0 aliphatic carbocycles. The first-order valence-electron chi connectivity index (χ1n) is 16.6. The van der Waals surface area contributed by atoms with Gasteiger partial charge in [0.2, 0.25) is 11.8 Å². The Morgan fingerprint density at radius 2 is 1.43 bits per heavy atom. The van der Waals surface area contributed by atoms with Gasteiger partial charge >= 0.3 is 5.97 Å². The molecule has 8 heteroatoms. The van der Waals surface area contributed by atoms with Crippen LogP contribution >= 0.6 is 0 Å². The number of carboxylic acid groups (broad SMARTS) is 1. The summed E-state index contributed by atoms with van der Waals surface area (Å²) < 4.78 is 11.6. The Kier molecular flexibility index (Phi) is 18.2. The molecule has 4 unspecified atom stereocenters. The SMILES string of the molecule is CCCCCCCC/C=C/CCCCCCC(C)C(=O)NC(CC)C(CC(=O)O)NC(=O)C1OC(C)(C)OCC1(C)C. The molecule has 3 N–H and O–H groups in total. The minimum absolute atomic E-state index is 0.104. The average molecular weight is 595 g/mol. The zero-order valence-corrected chi connectivity index (χ0v) is 27.8. The van der Waals surface area contributed by atoms with E-state index in [0.717, 1.165) is 32.1 Å². The summed E-state index contributed by atoms with van der Waals surface area (Å²) in [5.74, 6) is -2.63. The van der Waals surface area contributed by atoms with Gasteiger partial charge in [0.25, 0.3) is 0 Å². The number of aliphatic carboxylic acids is 1. The molecular weight excluding hydrogens is 532 g/mol. The zero-order chi connectivity index (χ0) is 31.6. The fourth-order valence-electron chi connectivity index (χ4n) is 5.35. The monoisotopic (exact) mass is 594 g/mol. The normalized spacial score (nSPS) is 20.1. The number of carboxylic acids is 1. The number of hydrogen-bond donors (Lipinski definition) is 3. The van der Waals surface area contributed by atoms with Crippen molar-refractivity contribution >= 4 is 17.8 Å². The molecule has 4 atom stereocenters. The Morgan fingerprint density at radius 1 is 0.857 bits per heavy atom. The Balaban J connectivity index is 2.45. The standard InChI is InChI=1S/C34H62N2O6/c1-8-10-11-12-13-14-15-16-17-18-19-20-21-22-23-26(3)31(39)35-27(9-2)28(24-29(37)38)36-32(40)30-33(4,5)25-41-34(6,7)42-30/h16-17,26-28,30H,8-15,18-25H2,1-7H3,(H,35,39)(H,36,40)(H,37,38)/b17-16+. The molecule has 1 saturated heterocycles. The molecule has 0 aromatic heterocycles. The van der Waals surface area contributed by atoms with Gasteiger partial charge in [-0.25, -0.2) is 0 Å². The summed E-state index contributed by atoms with van der Waals surface area (Å²) in [7, 11) is 0. The maximum atomic E-state index is 13.3. The van der Waals surface area contributed by atoms with Crippen LogP contribution in [0, 0.1) is 11.3 Å². The van der Waals surface area contributed by atoms with Crippen LogP contribution in [0.15, 0.2) is 12.2 Å². The summed E-state index contributed by atoms with van der Waals surface area (Å²) in [6, 6.07) is -1.25. The van der Waals surface area contributed by atoms with E-state index in [1.54, 1.807) is 13.8 Å². The summed E-state index contributed by atoms with van der Waals surface area (Å²) in [4.78, 5) is 38.0. The Morgan fingerprint density at radius 3 is 2.00 bits per heavy atom. The lowest BCUT2D eigenvalue weighted by Crippen LogP contribution is -2.60. The minimum atomic E-state index is -1.04. The number of allylic oxidation sites excluding steroid dienone is 2. The van der Waals surface area contributed by atoms with E-state index >= 15 is 0 Å². The Labute approximate surface area is 256 Å². The number of nitrogens with one attached hydrogen (secondary N) is 2.